The first kappa shape index (κ1) is 13.6. The molecular formula is C12H12N2O3S2. The zero-order chi connectivity index (χ0) is 13.9. The largest absolute Gasteiger partial charge is 0.320 e. The summed E-state index contributed by atoms with van der Waals surface area (Å²) in [4.78, 5) is 11.9. The standard InChI is InChI=1S/C12H12N2O3S2/c1-19(16,17)14-11-5-3-2-4-10(11)13-12(15)9-6-7-18-8-9/h2-8,14H,1H3,(H,13,15). The second-order valence-electron chi connectivity index (χ2n) is 3.89. The van der Waals surface area contributed by atoms with Crippen LogP contribution < -0.4 is 10.0 Å². The maximum Gasteiger partial charge on any atom is 0.256 e. The highest BCUT2D eigenvalue weighted by molar-refractivity contribution is 7.92. The van der Waals surface area contributed by atoms with Gasteiger partial charge in [-0.25, -0.2) is 8.42 Å². The lowest BCUT2D eigenvalue weighted by Crippen LogP contribution is -2.15. The Hall–Kier alpha value is -1.86. The molecule has 2 aromatic rings. The number of nitrogens with one attached hydrogen (secondary N) is 2. The minimum Gasteiger partial charge on any atom is -0.320 e. The smallest absolute Gasteiger partial charge is 0.256 e. The second kappa shape index (κ2) is 5.41. The molecule has 0 aliphatic heterocycles. The Morgan fingerprint density at radius 3 is 2.42 bits per heavy atom. The molecule has 0 atom stereocenters. The fourth-order valence-corrected chi connectivity index (χ4v) is 2.68. The summed E-state index contributed by atoms with van der Waals surface area (Å²) in [5.74, 6) is -0.274. The Morgan fingerprint density at radius 2 is 1.84 bits per heavy atom. The number of hydrogen-bond donors (Lipinski definition) is 2. The van der Waals surface area contributed by atoms with Crippen LogP contribution in [0.3, 0.4) is 0 Å². The molecule has 1 aromatic heterocycles. The van der Waals surface area contributed by atoms with Crippen LogP contribution in [0.1, 0.15) is 10.4 Å². The predicted octanol–water partition coefficient (Wildman–Crippen LogP) is 2.37. The molecule has 2 N–H and O–H groups in total. The first-order valence-corrected chi connectivity index (χ1v) is 8.19. The van der Waals surface area contributed by atoms with Gasteiger partial charge in [0.2, 0.25) is 10.0 Å². The van der Waals surface area contributed by atoms with Crippen molar-refractivity contribution in [2.75, 3.05) is 16.3 Å². The molecule has 0 spiro atoms. The summed E-state index contributed by atoms with van der Waals surface area (Å²) in [6, 6.07) is 8.33. The molecule has 1 amide bonds. The Labute approximate surface area is 115 Å². The minimum absolute atomic E-state index is 0.274. The van der Waals surface area contributed by atoms with Gasteiger partial charge < -0.3 is 5.32 Å². The van der Waals surface area contributed by atoms with Gasteiger partial charge in [0, 0.05) is 5.38 Å². The first-order valence-electron chi connectivity index (χ1n) is 5.36. The van der Waals surface area contributed by atoms with Gasteiger partial charge >= 0.3 is 0 Å². The van der Waals surface area contributed by atoms with Crippen LogP contribution in [0, 0.1) is 0 Å². The monoisotopic (exact) mass is 296 g/mol. The van der Waals surface area contributed by atoms with Crippen LogP contribution in [0.2, 0.25) is 0 Å². The van der Waals surface area contributed by atoms with Crippen molar-refractivity contribution in [3.8, 4) is 0 Å². The maximum absolute atomic E-state index is 11.9. The predicted molar refractivity (Wildman–Crippen MR) is 77.2 cm³/mol. The van der Waals surface area contributed by atoms with Gasteiger partial charge in [-0.3, -0.25) is 9.52 Å². The summed E-state index contributed by atoms with van der Waals surface area (Å²) in [7, 11) is -3.39. The van der Waals surface area contributed by atoms with Gasteiger partial charge in [-0.15, -0.1) is 0 Å². The fraction of sp³-hybridized carbons (Fsp3) is 0.0833. The van der Waals surface area contributed by atoms with E-state index in [-0.39, 0.29) is 5.91 Å². The van der Waals surface area contributed by atoms with Gasteiger partial charge in [-0.2, -0.15) is 11.3 Å². The number of rotatable bonds is 4. The second-order valence-corrected chi connectivity index (χ2v) is 6.41. The number of anilines is 2. The highest BCUT2D eigenvalue weighted by atomic mass is 32.2. The highest BCUT2D eigenvalue weighted by Gasteiger charge is 2.11. The topological polar surface area (TPSA) is 75.3 Å². The third kappa shape index (κ3) is 3.80. The van der Waals surface area contributed by atoms with E-state index >= 15 is 0 Å². The first-order chi connectivity index (χ1) is 8.96. The lowest BCUT2D eigenvalue weighted by molar-refractivity contribution is 0.102. The average molecular weight is 296 g/mol. The molecule has 0 radical (unpaired) electrons. The molecule has 1 aromatic carbocycles. The molecule has 0 saturated heterocycles. The van der Waals surface area contributed by atoms with Gasteiger partial charge in [-0.05, 0) is 23.6 Å². The van der Waals surface area contributed by atoms with Gasteiger partial charge in [0.15, 0.2) is 0 Å². The number of carbonyl (C=O) groups is 1. The molecule has 7 heteroatoms. The Kier molecular flexibility index (Phi) is 3.87. The van der Waals surface area contributed by atoms with Crippen molar-refractivity contribution in [1.82, 2.24) is 0 Å². The van der Waals surface area contributed by atoms with Gasteiger partial charge in [0.1, 0.15) is 0 Å². The van der Waals surface area contributed by atoms with Crippen molar-refractivity contribution >= 4 is 38.6 Å². The average Bonchev–Trinajstić information content (AvgIpc) is 2.83. The zero-order valence-corrected chi connectivity index (χ0v) is 11.7. The third-order valence-corrected chi connectivity index (χ3v) is 3.53. The van der Waals surface area contributed by atoms with Crippen molar-refractivity contribution in [2.24, 2.45) is 0 Å². The molecule has 0 fully saturated rings. The molecule has 2 rings (SSSR count). The SMILES string of the molecule is CS(=O)(=O)Nc1ccccc1NC(=O)c1ccsc1. The minimum atomic E-state index is -3.39. The van der Waals surface area contributed by atoms with Crippen LogP contribution in [0.15, 0.2) is 41.1 Å². The van der Waals surface area contributed by atoms with E-state index in [9.17, 15) is 13.2 Å². The van der Waals surface area contributed by atoms with Crippen molar-refractivity contribution in [2.45, 2.75) is 0 Å². The summed E-state index contributed by atoms with van der Waals surface area (Å²) in [5, 5.41) is 6.20. The number of amides is 1. The molecule has 0 saturated carbocycles. The van der Waals surface area contributed by atoms with E-state index in [0.29, 0.717) is 16.9 Å². The van der Waals surface area contributed by atoms with Crippen molar-refractivity contribution in [1.29, 1.82) is 0 Å². The number of hydrogen-bond acceptors (Lipinski definition) is 4. The summed E-state index contributed by atoms with van der Waals surface area (Å²) in [6.45, 7) is 0. The maximum atomic E-state index is 11.9. The molecular weight excluding hydrogens is 284 g/mol. The molecule has 0 bridgehead atoms. The number of benzene rings is 1. The number of para-hydroxylation sites is 2. The molecule has 0 unspecified atom stereocenters. The van der Waals surface area contributed by atoms with Crippen LogP contribution in [-0.4, -0.2) is 20.6 Å². The van der Waals surface area contributed by atoms with Crippen molar-refractivity contribution in [3.63, 3.8) is 0 Å². The quantitative estimate of drug-likeness (QED) is 0.909. The summed E-state index contributed by atoms with van der Waals surface area (Å²) < 4.78 is 24.9. The van der Waals surface area contributed by atoms with Crippen LogP contribution in [0.25, 0.3) is 0 Å². The number of carbonyl (C=O) groups excluding carboxylic acids is 1. The fourth-order valence-electron chi connectivity index (χ4n) is 1.47. The highest BCUT2D eigenvalue weighted by Crippen LogP contribution is 2.22. The van der Waals surface area contributed by atoms with Crippen LogP contribution in [-0.2, 0) is 10.0 Å². The van der Waals surface area contributed by atoms with E-state index < -0.39 is 10.0 Å². The summed E-state index contributed by atoms with van der Waals surface area (Å²) in [6.07, 6.45) is 1.06. The van der Waals surface area contributed by atoms with Crippen molar-refractivity contribution < 1.29 is 13.2 Å². The van der Waals surface area contributed by atoms with E-state index in [1.54, 1.807) is 41.1 Å². The summed E-state index contributed by atoms with van der Waals surface area (Å²) >= 11 is 1.42. The Bertz CT molecular complexity index is 679. The van der Waals surface area contributed by atoms with Crippen LogP contribution in [0.5, 0.6) is 0 Å². The molecule has 1 heterocycles. The lowest BCUT2D eigenvalue weighted by Gasteiger charge is -2.11. The normalized spacial score (nSPS) is 11.0. The molecule has 0 aliphatic carbocycles. The van der Waals surface area contributed by atoms with E-state index in [4.69, 9.17) is 0 Å². The van der Waals surface area contributed by atoms with Crippen molar-refractivity contribution in [3.05, 3.63) is 46.7 Å². The lowest BCUT2D eigenvalue weighted by atomic mass is 10.2. The molecule has 100 valence electrons. The van der Waals surface area contributed by atoms with Crippen LogP contribution in [0.4, 0.5) is 11.4 Å². The molecule has 0 aliphatic rings. The van der Waals surface area contributed by atoms with E-state index in [1.807, 2.05) is 0 Å². The molecule has 5 nitrogen and oxygen atoms in total. The van der Waals surface area contributed by atoms with E-state index in [2.05, 4.69) is 10.0 Å². The number of sulfonamides is 1. The van der Waals surface area contributed by atoms with Gasteiger partial charge in [0.05, 0.1) is 23.2 Å². The van der Waals surface area contributed by atoms with Gasteiger partial charge in [0.25, 0.3) is 5.91 Å². The Morgan fingerprint density at radius 1 is 1.16 bits per heavy atom. The Balaban J connectivity index is 2.23. The number of thiophene rings is 1. The van der Waals surface area contributed by atoms with E-state index in [1.165, 1.54) is 11.3 Å². The molecule has 19 heavy (non-hydrogen) atoms. The van der Waals surface area contributed by atoms with Crippen LogP contribution >= 0.6 is 11.3 Å². The summed E-state index contributed by atoms with van der Waals surface area (Å²) in [5.41, 5.74) is 1.30. The van der Waals surface area contributed by atoms with Gasteiger partial charge in [-0.1, -0.05) is 12.1 Å². The third-order valence-electron chi connectivity index (χ3n) is 2.25. The van der Waals surface area contributed by atoms with E-state index in [0.717, 1.165) is 6.26 Å². The zero-order valence-electron chi connectivity index (χ0n) is 10.1.